The second kappa shape index (κ2) is 3.93. The molecule has 1 saturated carbocycles. The summed E-state index contributed by atoms with van der Waals surface area (Å²) >= 11 is 0. The monoisotopic (exact) mass is 207 g/mol. The van der Waals surface area contributed by atoms with Crippen molar-refractivity contribution in [3.05, 3.63) is 35.6 Å². The molecule has 0 spiro atoms. The SMILES string of the molecule is CCC1CC1(CNC)c1ccccc1F. The number of likely N-dealkylation sites (N-methyl/N-ethyl adjacent to an activating group) is 1. The van der Waals surface area contributed by atoms with Crippen molar-refractivity contribution in [1.29, 1.82) is 0 Å². The smallest absolute Gasteiger partial charge is 0.127 e. The summed E-state index contributed by atoms with van der Waals surface area (Å²) in [4.78, 5) is 0. The van der Waals surface area contributed by atoms with Crippen LogP contribution in [0.4, 0.5) is 4.39 Å². The fourth-order valence-electron chi connectivity index (χ4n) is 2.74. The molecule has 0 heterocycles. The summed E-state index contributed by atoms with van der Waals surface area (Å²) in [6.45, 7) is 3.06. The lowest BCUT2D eigenvalue weighted by molar-refractivity contribution is 0.513. The first-order valence-electron chi connectivity index (χ1n) is 5.64. The lowest BCUT2D eigenvalue weighted by Gasteiger charge is -2.18. The van der Waals surface area contributed by atoms with E-state index in [1.165, 1.54) is 0 Å². The molecule has 1 aromatic rings. The Kier molecular flexibility index (Phi) is 2.79. The maximum absolute atomic E-state index is 13.7. The van der Waals surface area contributed by atoms with Gasteiger partial charge in [0, 0.05) is 12.0 Å². The summed E-state index contributed by atoms with van der Waals surface area (Å²) in [5.74, 6) is 0.588. The number of hydrogen-bond donors (Lipinski definition) is 1. The molecule has 1 aromatic carbocycles. The molecule has 15 heavy (non-hydrogen) atoms. The first kappa shape index (κ1) is 10.6. The van der Waals surface area contributed by atoms with Crippen LogP contribution in [0.5, 0.6) is 0 Å². The fraction of sp³-hybridized carbons (Fsp3) is 0.538. The molecular formula is C13H18FN. The molecule has 2 rings (SSSR count). The molecule has 1 aliphatic rings. The van der Waals surface area contributed by atoms with E-state index in [1.54, 1.807) is 12.1 Å². The van der Waals surface area contributed by atoms with E-state index in [0.717, 1.165) is 24.9 Å². The van der Waals surface area contributed by atoms with Crippen molar-refractivity contribution in [3.8, 4) is 0 Å². The van der Waals surface area contributed by atoms with Gasteiger partial charge in [0.1, 0.15) is 5.82 Å². The number of benzene rings is 1. The lowest BCUT2D eigenvalue weighted by Crippen LogP contribution is -2.26. The fourth-order valence-corrected chi connectivity index (χ4v) is 2.74. The van der Waals surface area contributed by atoms with Gasteiger partial charge >= 0.3 is 0 Å². The molecule has 0 radical (unpaired) electrons. The molecule has 0 aliphatic heterocycles. The third kappa shape index (κ3) is 1.67. The minimum absolute atomic E-state index is 0.0521. The topological polar surface area (TPSA) is 12.0 Å². The van der Waals surface area contributed by atoms with E-state index in [0.29, 0.717) is 5.92 Å². The Bertz CT molecular complexity index is 350. The molecule has 1 fully saturated rings. The van der Waals surface area contributed by atoms with Crippen LogP contribution >= 0.6 is 0 Å². The summed E-state index contributed by atoms with van der Waals surface area (Å²) in [5, 5.41) is 3.19. The zero-order chi connectivity index (χ0) is 10.9. The van der Waals surface area contributed by atoms with E-state index in [9.17, 15) is 4.39 Å². The summed E-state index contributed by atoms with van der Waals surface area (Å²) in [5.41, 5.74) is 0.959. The zero-order valence-corrected chi connectivity index (χ0v) is 9.39. The van der Waals surface area contributed by atoms with Crippen molar-refractivity contribution >= 4 is 0 Å². The quantitative estimate of drug-likeness (QED) is 0.800. The van der Waals surface area contributed by atoms with Gasteiger partial charge in [-0.25, -0.2) is 4.39 Å². The highest BCUT2D eigenvalue weighted by Gasteiger charge is 2.54. The summed E-state index contributed by atoms with van der Waals surface area (Å²) in [6, 6.07) is 7.19. The van der Waals surface area contributed by atoms with E-state index in [-0.39, 0.29) is 11.2 Å². The van der Waals surface area contributed by atoms with E-state index in [1.807, 2.05) is 19.2 Å². The predicted molar refractivity (Wildman–Crippen MR) is 60.4 cm³/mol. The zero-order valence-electron chi connectivity index (χ0n) is 9.39. The van der Waals surface area contributed by atoms with Gasteiger partial charge in [0.2, 0.25) is 0 Å². The van der Waals surface area contributed by atoms with E-state index in [4.69, 9.17) is 0 Å². The Balaban J connectivity index is 2.31. The Morgan fingerprint density at radius 2 is 2.20 bits per heavy atom. The maximum atomic E-state index is 13.7. The number of halogens is 1. The normalized spacial score (nSPS) is 29.1. The molecule has 0 amide bonds. The van der Waals surface area contributed by atoms with Gasteiger partial charge in [0.25, 0.3) is 0 Å². The second-order valence-electron chi connectivity index (χ2n) is 4.48. The van der Waals surface area contributed by atoms with Gasteiger partial charge < -0.3 is 5.32 Å². The van der Waals surface area contributed by atoms with Gasteiger partial charge in [0.15, 0.2) is 0 Å². The highest BCUT2D eigenvalue weighted by atomic mass is 19.1. The average molecular weight is 207 g/mol. The van der Waals surface area contributed by atoms with Crippen LogP contribution in [0.1, 0.15) is 25.3 Å². The Hall–Kier alpha value is -0.890. The van der Waals surface area contributed by atoms with Crippen molar-refractivity contribution in [2.75, 3.05) is 13.6 Å². The maximum Gasteiger partial charge on any atom is 0.127 e. The van der Waals surface area contributed by atoms with Crippen LogP contribution in [0, 0.1) is 11.7 Å². The van der Waals surface area contributed by atoms with Crippen LogP contribution in [0.3, 0.4) is 0 Å². The second-order valence-corrected chi connectivity index (χ2v) is 4.48. The summed E-state index contributed by atoms with van der Waals surface area (Å²) in [6.07, 6.45) is 2.25. The van der Waals surface area contributed by atoms with Crippen LogP contribution in [0.25, 0.3) is 0 Å². The Morgan fingerprint density at radius 1 is 1.47 bits per heavy atom. The van der Waals surface area contributed by atoms with Gasteiger partial charge in [0.05, 0.1) is 0 Å². The molecule has 82 valence electrons. The van der Waals surface area contributed by atoms with Crippen molar-refractivity contribution in [1.82, 2.24) is 5.32 Å². The van der Waals surface area contributed by atoms with E-state index in [2.05, 4.69) is 12.2 Å². The minimum atomic E-state index is -0.0521. The van der Waals surface area contributed by atoms with Crippen molar-refractivity contribution < 1.29 is 4.39 Å². The van der Waals surface area contributed by atoms with Gasteiger partial charge in [-0.1, -0.05) is 31.5 Å². The van der Waals surface area contributed by atoms with Gasteiger partial charge in [-0.15, -0.1) is 0 Å². The minimum Gasteiger partial charge on any atom is -0.319 e. The molecule has 1 nitrogen and oxygen atoms in total. The average Bonchev–Trinajstić information content (AvgIpc) is 2.94. The lowest BCUT2D eigenvalue weighted by atomic mass is 9.92. The number of rotatable bonds is 4. The van der Waals surface area contributed by atoms with Crippen molar-refractivity contribution in [3.63, 3.8) is 0 Å². The van der Waals surface area contributed by atoms with Crippen molar-refractivity contribution in [2.24, 2.45) is 5.92 Å². The number of nitrogens with one attached hydrogen (secondary N) is 1. The third-order valence-electron chi connectivity index (χ3n) is 3.63. The largest absolute Gasteiger partial charge is 0.319 e. The third-order valence-corrected chi connectivity index (χ3v) is 3.63. The molecule has 2 heteroatoms. The molecule has 2 atom stereocenters. The standard InChI is InChI=1S/C13H18FN/c1-3-10-8-13(10,9-15-2)11-6-4-5-7-12(11)14/h4-7,10,15H,3,8-9H2,1-2H3. The molecule has 0 bridgehead atoms. The van der Waals surface area contributed by atoms with Crippen molar-refractivity contribution in [2.45, 2.75) is 25.2 Å². The molecule has 1 aliphatic carbocycles. The van der Waals surface area contributed by atoms with Crippen LogP contribution in [0.2, 0.25) is 0 Å². The van der Waals surface area contributed by atoms with Gasteiger partial charge in [-0.05, 0) is 31.0 Å². The number of hydrogen-bond acceptors (Lipinski definition) is 1. The van der Waals surface area contributed by atoms with Crippen LogP contribution in [-0.4, -0.2) is 13.6 Å². The molecule has 0 aromatic heterocycles. The highest BCUT2D eigenvalue weighted by Crippen LogP contribution is 2.56. The molecule has 2 unspecified atom stereocenters. The van der Waals surface area contributed by atoms with Crippen LogP contribution < -0.4 is 5.32 Å². The van der Waals surface area contributed by atoms with Gasteiger partial charge in [-0.3, -0.25) is 0 Å². The highest BCUT2D eigenvalue weighted by molar-refractivity contribution is 5.35. The van der Waals surface area contributed by atoms with Crippen LogP contribution in [0.15, 0.2) is 24.3 Å². The first-order valence-corrected chi connectivity index (χ1v) is 5.64. The van der Waals surface area contributed by atoms with E-state index < -0.39 is 0 Å². The van der Waals surface area contributed by atoms with Gasteiger partial charge in [-0.2, -0.15) is 0 Å². The predicted octanol–water partition coefficient (Wildman–Crippen LogP) is 2.71. The molecular weight excluding hydrogens is 189 g/mol. The summed E-state index contributed by atoms with van der Waals surface area (Å²) in [7, 11) is 1.94. The summed E-state index contributed by atoms with van der Waals surface area (Å²) < 4.78 is 13.7. The Morgan fingerprint density at radius 3 is 2.73 bits per heavy atom. The van der Waals surface area contributed by atoms with E-state index >= 15 is 0 Å². The Labute approximate surface area is 90.7 Å². The molecule has 1 N–H and O–H groups in total. The van der Waals surface area contributed by atoms with Crippen LogP contribution in [-0.2, 0) is 5.41 Å². The molecule has 0 saturated heterocycles. The first-order chi connectivity index (χ1) is 7.24.